The number of quaternary nitrogens is 1. The number of ether oxygens (including phenoxy) is 2. The number of alkyl carbamates (subject to hydrolysis) is 1. The van der Waals surface area contributed by atoms with E-state index in [9.17, 15) is 24.0 Å². The predicted molar refractivity (Wildman–Crippen MR) is 125 cm³/mol. The molecule has 13 heteroatoms. The summed E-state index contributed by atoms with van der Waals surface area (Å²) in [5.74, 6) is -3.18. The van der Waals surface area contributed by atoms with Crippen LogP contribution in [0.2, 0.25) is 0 Å². The van der Waals surface area contributed by atoms with Crippen molar-refractivity contribution in [1.82, 2.24) is 10.6 Å². The van der Waals surface area contributed by atoms with Crippen LogP contribution in [0, 0.1) is 12.8 Å². The summed E-state index contributed by atoms with van der Waals surface area (Å²) in [6.45, 7) is 8.09. The van der Waals surface area contributed by atoms with E-state index >= 15 is 0 Å². The molecule has 0 saturated heterocycles. The zero-order valence-corrected chi connectivity index (χ0v) is 20.6. The van der Waals surface area contributed by atoms with Gasteiger partial charge in [0.1, 0.15) is 20.5 Å². The van der Waals surface area contributed by atoms with E-state index in [1.54, 1.807) is 20.8 Å². The Morgan fingerprint density at radius 3 is 1.79 bits per heavy atom. The van der Waals surface area contributed by atoms with Gasteiger partial charge < -0.3 is 41.8 Å². The third kappa shape index (κ3) is 42.7. The lowest BCUT2D eigenvalue weighted by Crippen LogP contribution is -2.57. The molecule has 0 unspecified atom stereocenters. The fourth-order valence-electron chi connectivity index (χ4n) is 1.30. The van der Waals surface area contributed by atoms with Gasteiger partial charge in [-0.3, -0.25) is 19.2 Å². The van der Waals surface area contributed by atoms with Crippen molar-refractivity contribution in [3.63, 3.8) is 0 Å². The molecule has 34 heavy (non-hydrogen) atoms. The first-order chi connectivity index (χ1) is 16.6. The number of hydrogen-bond donors (Lipinski definition) is 6. The highest BCUT2D eigenvalue weighted by Gasteiger charge is 2.16. The molecule has 2 amide bonds. The number of carbonyl (C=O) groups is 5. The number of terminal acetylenes is 1. The van der Waals surface area contributed by atoms with E-state index in [1.807, 2.05) is 26.1 Å². The monoisotopic (exact) mass is 497 g/mol. The Hall–Kier alpha value is -3.37. The van der Waals surface area contributed by atoms with Gasteiger partial charge in [-0.2, -0.15) is 0 Å². The largest absolute Gasteiger partial charge is 1.00 e. The number of carboxylic acid groups (broad SMARTS) is 2. The zero-order chi connectivity index (χ0) is 30.4. The van der Waals surface area contributed by atoms with Crippen LogP contribution >= 0.6 is 0 Å². The van der Waals surface area contributed by atoms with E-state index in [4.69, 9.17) is 29.5 Å². The average Bonchev–Trinajstić information content (AvgIpc) is 2.66. The summed E-state index contributed by atoms with van der Waals surface area (Å²) >= 11 is 0. The smallest absolute Gasteiger partial charge is 0.481 e. The molecule has 0 bridgehead atoms. The maximum Gasteiger partial charge on any atom is 1.00 e. The molecule has 9 N–H and O–H groups in total. The number of hydrogen-bond acceptors (Lipinski definition) is 8. The molecule has 0 aliphatic heterocycles. The highest BCUT2D eigenvalue weighted by molar-refractivity contribution is 5.77. The van der Waals surface area contributed by atoms with Crippen LogP contribution in [0.15, 0.2) is 0 Å². The molecule has 0 heterocycles. The van der Waals surface area contributed by atoms with Crippen LogP contribution in [0.4, 0.5) is 4.79 Å². The zero-order valence-electron chi connectivity index (χ0n) is 24.6. The molecule has 0 rings (SSSR count). The molecule has 0 aliphatic rings. The number of carbonyl (C=O) groups excluding carboxylic acids is 3. The number of carboxylic acids is 2. The Balaban J connectivity index is -0.000000135. The van der Waals surface area contributed by atoms with Gasteiger partial charge in [-0.05, 0) is 41.5 Å². The number of aliphatic carboxylic acids is 2. The van der Waals surface area contributed by atoms with Gasteiger partial charge >= 0.3 is 25.4 Å². The van der Waals surface area contributed by atoms with E-state index in [1.165, 1.54) is 6.40 Å². The van der Waals surface area contributed by atoms with Crippen LogP contribution in [-0.4, -0.2) is 77.5 Å². The second-order valence-corrected chi connectivity index (χ2v) is 7.89. The third-order valence-corrected chi connectivity index (χ3v) is 2.30. The summed E-state index contributed by atoms with van der Waals surface area (Å²) in [4.78, 5) is 52.3. The predicted octanol–water partition coefficient (Wildman–Crippen LogP) is -0.546. The second kappa shape index (κ2) is 21.5. The fraction of sp³-hybridized carbons (Fsp3) is 0.667. The highest BCUT2D eigenvalue weighted by atomic mass is 16.6. The molecule has 0 aliphatic carbocycles. The first-order valence-corrected chi connectivity index (χ1v) is 9.82. The quantitative estimate of drug-likeness (QED) is 0.185. The summed E-state index contributed by atoms with van der Waals surface area (Å²) in [6.07, 6.45) is 5.03. The molecule has 0 fully saturated rings. The summed E-state index contributed by atoms with van der Waals surface area (Å²) in [6, 6.07) is 0. The number of esters is 1. The van der Waals surface area contributed by atoms with Crippen molar-refractivity contribution in [2.24, 2.45) is 5.73 Å². The van der Waals surface area contributed by atoms with Gasteiger partial charge in [-0.1, -0.05) is 0 Å². The third-order valence-electron chi connectivity index (χ3n) is 2.30. The molecule has 0 saturated carbocycles. The summed E-state index contributed by atoms with van der Waals surface area (Å²) in [5.41, 5.74) is 7.22. The van der Waals surface area contributed by atoms with Crippen molar-refractivity contribution in [3.05, 3.63) is 0 Å². The molecule has 0 spiro atoms. The number of rotatable bonds is 8. The molecule has 0 aromatic carbocycles. The van der Waals surface area contributed by atoms with Gasteiger partial charge in [0.05, 0.1) is 14.2 Å². The first kappa shape index (κ1) is 30.6. The Morgan fingerprint density at radius 2 is 1.47 bits per heavy atom. The summed E-state index contributed by atoms with van der Waals surface area (Å²) in [7, 11) is 0. The van der Waals surface area contributed by atoms with Gasteiger partial charge in [0.25, 0.3) is 5.91 Å². The van der Waals surface area contributed by atoms with E-state index in [0.717, 1.165) is 0 Å². The molecular formula is C21H42N4O9+2. The van der Waals surface area contributed by atoms with Crippen molar-refractivity contribution in [2.45, 2.75) is 65.6 Å². The van der Waals surface area contributed by atoms with E-state index in [0.29, 0.717) is 13.0 Å². The van der Waals surface area contributed by atoms with Crippen molar-refractivity contribution < 1.29 is 54.9 Å². The van der Waals surface area contributed by atoms with Crippen LogP contribution in [0.3, 0.4) is 0 Å². The number of nitrogens with one attached hydrogen (secondary N) is 2. The topological polar surface area (TPSA) is 222 Å². The number of nitrogens with two attached hydrogens (primary N) is 1. The highest BCUT2D eigenvalue weighted by Crippen LogP contribution is 2.07. The lowest BCUT2D eigenvalue weighted by atomic mass is 10.2. The summed E-state index contributed by atoms with van der Waals surface area (Å²) in [5, 5.41) is 20.5. The standard InChI is InChI=1S/C7H13NO4.C7H15NO2.C5H10N2O3.C2H2/c1-7(2,3)12-6(11)8-4-5(9)10;1-7(2,3)10-6(9)4-5-8;6-3-4(8)7-2-1-5(9)10;1-2/h4H2,1-3H3,(H,8,11)(H,9,10);4-5,8H2,1-3H3;1-3,6H2,(H,7,8)(H,9,10);1-2H/p+2/i4D;;3D;1D/t4-;;3-;/m1.1./s1. The molecule has 0 radical (unpaired) electrons. The number of amides is 2. The molecular weight excluding hydrogens is 452 g/mol. The Morgan fingerprint density at radius 1 is 1.00 bits per heavy atom. The van der Waals surface area contributed by atoms with Crippen molar-refractivity contribution in [3.8, 4) is 12.8 Å². The lowest BCUT2D eigenvalue weighted by Gasteiger charge is -2.19. The normalized spacial score (nSPS) is 12.6. The Kier molecular flexibility index (Phi) is 19.3. The van der Waals surface area contributed by atoms with Gasteiger partial charge in [0, 0.05) is 13.1 Å². The first-order valence-electron chi connectivity index (χ1n) is 11.5. The van der Waals surface area contributed by atoms with Crippen molar-refractivity contribution in [1.29, 1.82) is 0 Å². The fourth-order valence-corrected chi connectivity index (χ4v) is 1.30. The van der Waals surface area contributed by atoms with E-state index in [2.05, 4.69) is 17.5 Å². The van der Waals surface area contributed by atoms with Gasteiger partial charge in [-0.15, -0.1) is 12.8 Å². The van der Waals surface area contributed by atoms with Crippen LogP contribution in [0.1, 0.15) is 59.9 Å². The van der Waals surface area contributed by atoms with Gasteiger partial charge in [-0.25, -0.2) is 4.79 Å². The maximum atomic E-state index is 10.9. The Labute approximate surface area is 206 Å². The second-order valence-electron chi connectivity index (χ2n) is 7.89. The summed E-state index contributed by atoms with van der Waals surface area (Å²) < 4.78 is 29.1. The molecule has 0 aromatic rings. The van der Waals surface area contributed by atoms with Crippen LogP contribution in [0.25, 0.3) is 0 Å². The van der Waals surface area contributed by atoms with Crippen LogP contribution in [0.5, 0.6) is 0 Å². The molecule has 13 nitrogen and oxygen atoms in total. The van der Waals surface area contributed by atoms with Crippen molar-refractivity contribution in [2.75, 3.05) is 26.1 Å². The van der Waals surface area contributed by atoms with Crippen LogP contribution in [-0.2, 0) is 28.7 Å². The van der Waals surface area contributed by atoms with Crippen LogP contribution < -0.4 is 22.1 Å². The lowest BCUT2D eigenvalue weighted by molar-refractivity contribution is -0.355. The minimum Gasteiger partial charge on any atom is -0.481 e. The maximum absolute atomic E-state index is 10.9. The average molecular weight is 498 g/mol. The molecule has 0 aromatic heterocycles. The minimum atomic E-state index is -1.69. The SMILES string of the molecule is CC(C)(C)OC(=O)CCN.[2H]C#C.[2H][C@@H](NC(=O)OC(C)(C)C)C(=O)O.[2H][C@@H]([NH3+])C(=O)NCCC(=O)O.[H+]. The van der Waals surface area contributed by atoms with E-state index in [-0.39, 0.29) is 26.0 Å². The van der Waals surface area contributed by atoms with Gasteiger partial charge in [0.15, 0.2) is 6.52 Å². The van der Waals surface area contributed by atoms with E-state index < -0.39 is 42.6 Å². The molecule has 2 atom stereocenters. The Bertz CT molecular complexity index is 750. The minimum absolute atomic E-state index is 0. The molecule has 198 valence electrons. The van der Waals surface area contributed by atoms with Crippen molar-refractivity contribution >= 4 is 29.9 Å². The van der Waals surface area contributed by atoms with Gasteiger partial charge in [0.2, 0.25) is 0 Å².